The molecule has 172 valence electrons. The van der Waals surface area contributed by atoms with E-state index in [1.807, 2.05) is 0 Å². The number of para-hydroxylation sites is 1. The summed E-state index contributed by atoms with van der Waals surface area (Å²) in [6.07, 6.45) is 1.68. The van der Waals surface area contributed by atoms with Crippen LogP contribution in [0.15, 0.2) is 76.6 Å². The molecule has 4 rings (SSSR count). The number of amides is 1. The molecule has 3 aromatic carbocycles. The molecule has 1 heterocycles. The van der Waals surface area contributed by atoms with Crippen LogP contribution < -0.4 is 14.8 Å². The summed E-state index contributed by atoms with van der Waals surface area (Å²) in [6, 6.07) is 17.3. The van der Waals surface area contributed by atoms with Crippen LogP contribution in [-0.2, 0) is 11.4 Å². The van der Waals surface area contributed by atoms with Gasteiger partial charge in [0.25, 0.3) is 5.91 Å². The zero-order valence-corrected chi connectivity index (χ0v) is 18.8. The molecular formula is C25H19FN2O5S. The number of benzene rings is 3. The van der Waals surface area contributed by atoms with Gasteiger partial charge in [-0.3, -0.25) is 4.79 Å². The lowest BCUT2D eigenvalue weighted by Gasteiger charge is -2.14. The van der Waals surface area contributed by atoms with Crippen molar-refractivity contribution in [3.63, 3.8) is 0 Å². The Morgan fingerprint density at radius 3 is 2.53 bits per heavy atom. The molecule has 1 aliphatic rings. The normalized spacial score (nSPS) is 15.4. The van der Waals surface area contributed by atoms with Crippen molar-refractivity contribution in [3.8, 4) is 11.5 Å². The Labute approximate surface area is 198 Å². The first-order chi connectivity index (χ1) is 16.4. The average Bonchev–Trinajstić information content (AvgIpc) is 3.18. The SMILES string of the molecule is COc1cccc(/C=C2\SC(=Nc3ccc(F)cc3)NC2=O)c1OCc1ccc(C(=O)O)cc1. The second kappa shape index (κ2) is 10.2. The molecule has 0 radical (unpaired) electrons. The predicted octanol–water partition coefficient (Wildman–Crippen LogP) is 5.00. The maximum atomic E-state index is 13.1. The third kappa shape index (κ3) is 5.44. The quantitative estimate of drug-likeness (QED) is 0.464. The lowest BCUT2D eigenvalue weighted by atomic mass is 10.1. The Bertz CT molecular complexity index is 1290. The van der Waals surface area contributed by atoms with Gasteiger partial charge in [-0.2, -0.15) is 0 Å². The van der Waals surface area contributed by atoms with Gasteiger partial charge >= 0.3 is 5.97 Å². The van der Waals surface area contributed by atoms with Gasteiger partial charge < -0.3 is 19.9 Å². The van der Waals surface area contributed by atoms with Gasteiger partial charge in [-0.15, -0.1) is 0 Å². The number of carbonyl (C=O) groups is 2. The third-order valence-corrected chi connectivity index (χ3v) is 5.72. The van der Waals surface area contributed by atoms with E-state index in [1.54, 1.807) is 36.4 Å². The fourth-order valence-corrected chi connectivity index (χ4v) is 3.95. The van der Waals surface area contributed by atoms with E-state index in [4.69, 9.17) is 14.6 Å². The van der Waals surface area contributed by atoms with Crippen LogP contribution >= 0.6 is 11.8 Å². The Balaban J connectivity index is 1.56. The van der Waals surface area contributed by atoms with Gasteiger partial charge in [0.1, 0.15) is 12.4 Å². The maximum Gasteiger partial charge on any atom is 0.335 e. The van der Waals surface area contributed by atoms with Crippen LogP contribution in [0.4, 0.5) is 10.1 Å². The van der Waals surface area contributed by atoms with Gasteiger partial charge in [0.15, 0.2) is 16.7 Å². The largest absolute Gasteiger partial charge is 0.493 e. The molecule has 0 aromatic heterocycles. The van der Waals surface area contributed by atoms with E-state index < -0.39 is 5.97 Å². The second-order valence-electron chi connectivity index (χ2n) is 7.13. The van der Waals surface area contributed by atoms with E-state index in [0.717, 1.165) is 17.3 Å². The van der Waals surface area contributed by atoms with E-state index >= 15 is 0 Å². The van der Waals surface area contributed by atoms with Crippen LogP contribution in [0.2, 0.25) is 0 Å². The smallest absolute Gasteiger partial charge is 0.335 e. The van der Waals surface area contributed by atoms with Crippen molar-refractivity contribution in [3.05, 3.63) is 94.1 Å². The van der Waals surface area contributed by atoms with Crippen molar-refractivity contribution < 1.29 is 28.6 Å². The molecule has 1 amide bonds. The monoisotopic (exact) mass is 478 g/mol. The lowest BCUT2D eigenvalue weighted by molar-refractivity contribution is -0.115. The van der Waals surface area contributed by atoms with Crippen molar-refractivity contribution in [1.82, 2.24) is 5.32 Å². The van der Waals surface area contributed by atoms with Gasteiger partial charge in [0.05, 0.1) is 23.3 Å². The molecule has 2 N–H and O–H groups in total. The predicted molar refractivity (Wildman–Crippen MR) is 128 cm³/mol. The van der Waals surface area contributed by atoms with Crippen LogP contribution in [0.25, 0.3) is 6.08 Å². The van der Waals surface area contributed by atoms with Gasteiger partial charge in [-0.05, 0) is 65.9 Å². The van der Waals surface area contributed by atoms with Crippen molar-refractivity contribution in [2.75, 3.05) is 7.11 Å². The van der Waals surface area contributed by atoms with Gasteiger partial charge in [-0.25, -0.2) is 14.2 Å². The van der Waals surface area contributed by atoms with Crippen molar-refractivity contribution in [2.45, 2.75) is 6.61 Å². The standard InChI is InChI=1S/C25H19FN2O5S/c1-32-20-4-2-3-17(22(20)33-14-15-5-7-16(8-6-15)24(30)31)13-21-23(29)28-25(34-21)27-19-11-9-18(26)10-12-19/h2-13H,14H2,1H3,(H,30,31)(H,27,28,29)/b21-13-. The highest BCUT2D eigenvalue weighted by molar-refractivity contribution is 8.18. The third-order valence-electron chi connectivity index (χ3n) is 4.81. The highest BCUT2D eigenvalue weighted by atomic mass is 32.2. The summed E-state index contributed by atoms with van der Waals surface area (Å²) in [5.41, 5.74) is 2.11. The number of aliphatic imine (C=N–C) groups is 1. The van der Waals surface area contributed by atoms with Crippen LogP contribution in [0.1, 0.15) is 21.5 Å². The number of hydrogen-bond donors (Lipinski definition) is 2. The molecule has 0 aliphatic carbocycles. The first-order valence-electron chi connectivity index (χ1n) is 10.1. The van der Waals surface area contributed by atoms with Crippen LogP contribution in [0.3, 0.4) is 0 Å². The number of carbonyl (C=O) groups excluding carboxylic acids is 1. The van der Waals surface area contributed by atoms with E-state index in [1.165, 1.54) is 43.5 Å². The lowest BCUT2D eigenvalue weighted by Crippen LogP contribution is -2.19. The number of carboxylic acid groups (broad SMARTS) is 1. The van der Waals surface area contributed by atoms with Gasteiger partial charge in [0.2, 0.25) is 0 Å². The number of halogens is 1. The zero-order chi connectivity index (χ0) is 24.1. The molecule has 0 unspecified atom stereocenters. The zero-order valence-electron chi connectivity index (χ0n) is 17.9. The molecule has 1 aliphatic heterocycles. The van der Waals surface area contributed by atoms with Crippen molar-refractivity contribution in [1.29, 1.82) is 0 Å². The number of methoxy groups -OCH3 is 1. The fourth-order valence-electron chi connectivity index (χ4n) is 3.12. The summed E-state index contributed by atoms with van der Waals surface area (Å²) in [4.78, 5) is 28.3. The Morgan fingerprint density at radius 1 is 1.12 bits per heavy atom. The average molecular weight is 479 g/mol. The van der Waals surface area contributed by atoms with Crippen molar-refractivity contribution >= 4 is 40.6 Å². The van der Waals surface area contributed by atoms with Crippen LogP contribution in [0.5, 0.6) is 11.5 Å². The molecular weight excluding hydrogens is 459 g/mol. The topological polar surface area (TPSA) is 97.2 Å². The van der Waals surface area contributed by atoms with Gasteiger partial charge in [-0.1, -0.05) is 24.3 Å². The summed E-state index contributed by atoms with van der Waals surface area (Å²) >= 11 is 1.16. The number of ether oxygens (including phenoxy) is 2. The molecule has 7 nitrogen and oxygen atoms in total. The van der Waals surface area contributed by atoms with Crippen molar-refractivity contribution in [2.24, 2.45) is 4.99 Å². The summed E-state index contributed by atoms with van der Waals surface area (Å²) in [7, 11) is 1.52. The van der Waals surface area contributed by atoms with E-state index in [9.17, 15) is 14.0 Å². The first-order valence-corrected chi connectivity index (χ1v) is 10.9. The molecule has 0 saturated carbocycles. The Morgan fingerprint density at radius 2 is 1.85 bits per heavy atom. The van der Waals surface area contributed by atoms with E-state index in [0.29, 0.717) is 32.8 Å². The second-order valence-corrected chi connectivity index (χ2v) is 8.16. The summed E-state index contributed by atoms with van der Waals surface area (Å²) in [5, 5.41) is 12.1. The Kier molecular flexibility index (Phi) is 6.93. The minimum atomic E-state index is -0.999. The highest BCUT2D eigenvalue weighted by Crippen LogP contribution is 2.36. The molecule has 0 atom stereocenters. The highest BCUT2D eigenvalue weighted by Gasteiger charge is 2.25. The first kappa shape index (κ1) is 23.1. The van der Waals surface area contributed by atoms with Crippen LogP contribution in [0, 0.1) is 5.82 Å². The molecule has 1 saturated heterocycles. The number of nitrogens with one attached hydrogen (secondary N) is 1. The number of aromatic carboxylic acids is 1. The minimum absolute atomic E-state index is 0.174. The number of nitrogens with zero attached hydrogens (tertiary/aromatic N) is 1. The van der Waals surface area contributed by atoms with E-state index in [-0.39, 0.29) is 23.9 Å². The number of carboxylic acids is 1. The van der Waals surface area contributed by atoms with Gasteiger partial charge in [0, 0.05) is 5.56 Å². The molecule has 0 spiro atoms. The summed E-state index contributed by atoms with van der Waals surface area (Å²) < 4.78 is 24.5. The number of hydrogen-bond acceptors (Lipinski definition) is 6. The summed E-state index contributed by atoms with van der Waals surface area (Å²) in [5.74, 6) is -0.752. The number of thioether (sulfide) groups is 1. The van der Waals surface area contributed by atoms with Crippen LogP contribution in [-0.4, -0.2) is 29.3 Å². The number of rotatable bonds is 7. The minimum Gasteiger partial charge on any atom is -0.493 e. The molecule has 9 heteroatoms. The molecule has 3 aromatic rings. The fraction of sp³-hybridized carbons (Fsp3) is 0.0800. The molecule has 34 heavy (non-hydrogen) atoms. The maximum absolute atomic E-state index is 13.1. The summed E-state index contributed by atoms with van der Waals surface area (Å²) in [6.45, 7) is 0.174. The molecule has 0 bridgehead atoms. The van der Waals surface area contributed by atoms with E-state index in [2.05, 4.69) is 10.3 Å². The Hall–Kier alpha value is -4.11. The molecule has 1 fully saturated rings. The number of amidine groups is 1.